The summed E-state index contributed by atoms with van der Waals surface area (Å²) in [5, 5.41) is 2.25. The van der Waals surface area contributed by atoms with Gasteiger partial charge in [0.1, 0.15) is 0 Å². The van der Waals surface area contributed by atoms with Crippen molar-refractivity contribution in [2.75, 3.05) is 12.3 Å². The fraction of sp³-hybridized carbons (Fsp3) is 0.571. The van der Waals surface area contributed by atoms with Crippen LogP contribution in [0.5, 0.6) is 0 Å². The molecule has 0 aromatic carbocycles. The van der Waals surface area contributed by atoms with Gasteiger partial charge in [-0.3, -0.25) is 0 Å². The monoisotopic (exact) mass is 282 g/mol. The van der Waals surface area contributed by atoms with E-state index in [2.05, 4.69) is 11.9 Å². The predicted molar refractivity (Wildman–Crippen MR) is 79.8 cm³/mol. The van der Waals surface area contributed by atoms with Crippen LogP contribution in [0.15, 0.2) is 11.5 Å². The molecule has 0 saturated heterocycles. The SMILES string of the molecule is CCCCCOC(=O)C(=CC(C)C)c1csc(N)n1. The average molecular weight is 282 g/mol. The normalized spacial score (nSPS) is 11.9. The van der Waals surface area contributed by atoms with Crippen LogP contribution in [0.25, 0.3) is 5.57 Å². The Hall–Kier alpha value is -1.36. The van der Waals surface area contributed by atoms with Gasteiger partial charge in [-0.2, -0.15) is 0 Å². The van der Waals surface area contributed by atoms with Crippen LogP contribution < -0.4 is 5.73 Å². The van der Waals surface area contributed by atoms with E-state index in [9.17, 15) is 4.79 Å². The molecule has 0 aliphatic heterocycles. The van der Waals surface area contributed by atoms with Crippen molar-refractivity contribution in [3.05, 3.63) is 17.2 Å². The Bertz CT molecular complexity index is 438. The summed E-state index contributed by atoms with van der Waals surface area (Å²) >= 11 is 1.33. The Morgan fingerprint density at radius 2 is 2.26 bits per heavy atom. The molecule has 0 spiro atoms. The molecule has 5 heteroatoms. The Labute approximate surface area is 118 Å². The molecule has 1 aromatic rings. The van der Waals surface area contributed by atoms with Crippen LogP contribution in [-0.4, -0.2) is 17.6 Å². The molecule has 0 amide bonds. The van der Waals surface area contributed by atoms with E-state index in [-0.39, 0.29) is 11.9 Å². The molecule has 4 nitrogen and oxygen atoms in total. The zero-order chi connectivity index (χ0) is 14.3. The van der Waals surface area contributed by atoms with Crippen molar-refractivity contribution in [3.63, 3.8) is 0 Å². The minimum atomic E-state index is -0.310. The number of esters is 1. The Kier molecular flexibility index (Phi) is 6.56. The molecule has 1 heterocycles. The second-order valence-corrected chi connectivity index (χ2v) is 5.63. The highest BCUT2D eigenvalue weighted by molar-refractivity contribution is 7.13. The fourth-order valence-electron chi connectivity index (χ4n) is 1.60. The van der Waals surface area contributed by atoms with Gasteiger partial charge in [0.15, 0.2) is 5.13 Å². The van der Waals surface area contributed by atoms with Gasteiger partial charge < -0.3 is 10.5 Å². The minimum absolute atomic E-state index is 0.251. The summed E-state index contributed by atoms with van der Waals surface area (Å²) in [7, 11) is 0. The van der Waals surface area contributed by atoms with Crippen molar-refractivity contribution in [2.24, 2.45) is 5.92 Å². The van der Waals surface area contributed by atoms with Gasteiger partial charge in [0.25, 0.3) is 0 Å². The number of nitrogens with zero attached hydrogens (tertiary/aromatic N) is 1. The lowest BCUT2D eigenvalue weighted by Crippen LogP contribution is -2.09. The van der Waals surface area contributed by atoms with Crippen molar-refractivity contribution in [3.8, 4) is 0 Å². The van der Waals surface area contributed by atoms with Gasteiger partial charge >= 0.3 is 5.97 Å². The number of anilines is 1. The van der Waals surface area contributed by atoms with Crippen LogP contribution >= 0.6 is 11.3 Å². The molecule has 0 saturated carbocycles. The van der Waals surface area contributed by atoms with Crippen LogP contribution in [0.3, 0.4) is 0 Å². The van der Waals surface area contributed by atoms with Crippen molar-refractivity contribution in [2.45, 2.75) is 40.0 Å². The highest BCUT2D eigenvalue weighted by Gasteiger charge is 2.16. The highest BCUT2D eigenvalue weighted by Crippen LogP contribution is 2.22. The van der Waals surface area contributed by atoms with Gasteiger partial charge in [0, 0.05) is 5.38 Å². The lowest BCUT2D eigenvalue weighted by molar-refractivity contribution is -0.136. The predicted octanol–water partition coefficient (Wildman–Crippen LogP) is 3.50. The standard InChI is InChI=1S/C14H22N2O2S/c1-4-5-6-7-18-13(17)11(8-10(2)3)12-9-19-14(15)16-12/h8-10H,4-7H2,1-3H3,(H2,15,16). The number of hydrogen-bond donors (Lipinski definition) is 1. The summed E-state index contributed by atoms with van der Waals surface area (Å²) in [5.41, 5.74) is 6.74. The van der Waals surface area contributed by atoms with Crippen molar-refractivity contribution >= 4 is 28.0 Å². The third-order valence-corrected chi connectivity index (χ3v) is 3.17. The first-order valence-corrected chi connectivity index (χ1v) is 7.52. The number of hydrogen-bond acceptors (Lipinski definition) is 5. The van der Waals surface area contributed by atoms with Gasteiger partial charge in [-0.15, -0.1) is 11.3 Å². The lowest BCUT2D eigenvalue weighted by Gasteiger charge is -2.07. The van der Waals surface area contributed by atoms with Gasteiger partial charge in [0.05, 0.1) is 17.9 Å². The number of rotatable bonds is 7. The first-order valence-electron chi connectivity index (χ1n) is 6.65. The smallest absolute Gasteiger partial charge is 0.340 e. The number of thiazole rings is 1. The number of aromatic nitrogens is 1. The summed E-state index contributed by atoms with van der Waals surface area (Å²) in [6, 6.07) is 0. The maximum absolute atomic E-state index is 12.1. The summed E-state index contributed by atoms with van der Waals surface area (Å²) in [6.07, 6.45) is 4.95. The van der Waals surface area contributed by atoms with E-state index >= 15 is 0 Å². The third-order valence-electron chi connectivity index (χ3n) is 2.50. The summed E-state index contributed by atoms with van der Waals surface area (Å²) in [5.74, 6) is -0.0591. The van der Waals surface area contributed by atoms with Crippen molar-refractivity contribution < 1.29 is 9.53 Å². The number of nitrogens with two attached hydrogens (primary N) is 1. The number of allylic oxidation sites excluding steroid dienone is 1. The van der Waals surface area contributed by atoms with E-state index in [1.165, 1.54) is 11.3 Å². The zero-order valence-electron chi connectivity index (χ0n) is 11.8. The van der Waals surface area contributed by atoms with E-state index in [1.807, 2.05) is 19.9 Å². The van der Waals surface area contributed by atoms with E-state index in [0.717, 1.165) is 19.3 Å². The largest absolute Gasteiger partial charge is 0.462 e. The van der Waals surface area contributed by atoms with Crippen LogP contribution in [-0.2, 0) is 9.53 Å². The maximum atomic E-state index is 12.1. The molecule has 19 heavy (non-hydrogen) atoms. The van der Waals surface area contributed by atoms with E-state index in [1.54, 1.807) is 5.38 Å². The summed E-state index contributed by atoms with van der Waals surface area (Å²) in [4.78, 5) is 16.2. The molecule has 1 rings (SSSR count). The first kappa shape index (κ1) is 15.7. The van der Waals surface area contributed by atoms with E-state index in [0.29, 0.717) is 23.0 Å². The lowest BCUT2D eigenvalue weighted by atomic mass is 10.1. The fourth-order valence-corrected chi connectivity index (χ4v) is 2.16. The highest BCUT2D eigenvalue weighted by atomic mass is 32.1. The van der Waals surface area contributed by atoms with Crippen LogP contribution in [0, 0.1) is 5.92 Å². The molecule has 0 aliphatic carbocycles. The second kappa shape index (κ2) is 7.94. The molecule has 0 fully saturated rings. The Balaban J connectivity index is 2.72. The van der Waals surface area contributed by atoms with Crippen molar-refractivity contribution in [1.82, 2.24) is 4.98 Å². The number of carbonyl (C=O) groups is 1. The maximum Gasteiger partial charge on any atom is 0.340 e. The molecule has 0 bridgehead atoms. The molecule has 0 unspecified atom stereocenters. The Morgan fingerprint density at radius 3 is 2.79 bits per heavy atom. The number of unbranched alkanes of at least 4 members (excludes halogenated alkanes) is 2. The number of nitrogen functional groups attached to an aromatic ring is 1. The molecule has 0 atom stereocenters. The quantitative estimate of drug-likeness (QED) is 0.472. The van der Waals surface area contributed by atoms with Crippen LogP contribution in [0.2, 0.25) is 0 Å². The van der Waals surface area contributed by atoms with Crippen LogP contribution in [0.1, 0.15) is 45.7 Å². The third kappa shape index (κ3) is 5.42. The van der Waals surface area contributed by atoms with E-state index < -0.39 is 0 Å². The van der Waals surface area contributed by atoms with Crippen LogP contribution in [0.4, 0.5) is 5.13 Å². The molecule has 0 aliphatic rings. The summed E-state index contributed by atoms with van der Waals surface area (Å²) < 4.78 is 5.29. The minimum Gasteiger partial charge on any atom is -0.462 e. The Morgan fingerprint density at radius 1 is 1.53 bits per heavy atom. The van der Waals surface area contributed by atoms with Gasteiger partial charge in [0.2, 0.25) is 0 Å². The molecule has 1 aromatic heterocycles. The van der Waals surface area contributed by atoms with E-state index in [4.69, 9.17) is 10.5 Å². The molecular weight excluding hydrogens is 260 g/mol. The van der Waals surface area contributed by atoms with Gasteiger partial charge in [-0.25, -0.2) is 9.78 Å². The number of ether oxygens (including phenoxy) is 1. The molecule has 106 valence electrons. The topological polar surface area (TPSA) is 65.2 Å². The average Bonchev–Trinajstić information content (AvgIpc) is 2.77. The van der Waals surface area contributed by atoms with Gasteiger partial charge in [-0.05, 0) is 12.3 Å². The molecule has 0 radical (unpaired) electrons. The molecular formula is C14H22N2O2S. The van der Waals surface area contributed by atoms with Gasteiger partial charge in [-0.1, -0.05) is 39.7 Å². The first-order chi connectivity index (χ1) is 9.04. The molecule has 2 N–H and O–H groups in total. The summed E-state index contributed by atoms with van der Waals surface area (Å²) in [6.45, 7) is 6.60. The van der Waals surface area contributed by atoms with Crippen molar-refractivity contribution in [1.29, 1.82) is 0 Å². The number of carbonyl (C=O) groups excluding carboxylic acids is 1. The zero-order valence-corrected chi connectivity index (χ0v) is 12.6. The second-order valence-electron chi connectivity index (χ2n) is 4.74.